The number of hydrazine groups is 1. The zero-order chi connectivity index (χ0) is 31.8. The maximum absolute atomic E-state index is 14.7. The van der Waals surface area contributed by atoms with Gasteiger partial charge in [-0.05, 0) is 89.9 Å². The van der Waals surface area contributed by atoms with Crippen molar-refractivity contribution in [3.8, 4) is 0 Å². The number of imide groups is 1. The summed E-state index contributed by atoms with van der Waals surface area (Å²) >= 11 is 0. The summed E-state index contributed by atoms with van der Waals surface area (Å²) < 4.78 is 0. The van der Waals surface area contributed by atoms with Crippen LogP contribution >= 0.6 is 0 Å². The highest BCUT2D eigenvalue weighted by atomic mass is 16.2. The molecule has 1 aromatic heterocycles. The molecule has 234 valence electrons. The van der Waals surface area contributed by atoms with Crippen molar-refractivity contribution in [2.24, 2.45) is 0 Å². The molecule has 3 aliphatic rings. The van der Waals surface area contributed by atoms with Gasteiger partial charge in [0.05, 0.1) is 23.4 Å². The number of amides is 5. The van der Waals surface area contributed by atoms with Gasteiger partial charge in [0.2, 0.25) is 0 Å². The monoisotopic (exact) mass is 618 g/mol. The third kappa shape index (κ3) is 5.19. The van der Waals surface area contributed by atoms with Crippen LogP contribution in [0.25, 0.3) is 0 Å². The van der Waals surface area contributed by atoms with Crippen molar-refractivity contribution in [3.05, 3.63) is 94.0 Å². The Hall–Kier alpha value is -5.39. The molecule has 3 heterocycles. The van der Waals surface area contributed by atoms with Gasteiger partial charge < -0.3 is 0 Å². The SMILES string of the molecule is CCCCc1c2ccc3c1C(=O)N(C3=O)N2C(=O)N(Cc1ccc(C(=O)Nc2nn[nH]n2)cc1)c1ccc(C2CCCCC2)cc1. The zero-order valence-electron chi connectivity index (χ0n) is 25.5. The summed E-state index contributed by atoms with van der Waals surface area (Å²) in [7, 11) is 0. The van der Waals surface area contributed by atoms with Gasteiger partial charge in [-0.3, -0.25) is 24.6 Å². The second-order valence-electron chi connectivity index (χ2n) is 12.0. The number of aromatic nitrogens is 4. The van der Waals surface area contributed by atoms with Crippen LogP contribution in [0.2, 0.25) is 0 Å². The quantitative estimate of drug-likeness (QED) is 0.219. The number of urea groups is 1. The normalized spacial score (nSPS) is 15.5. The number of aromatic amines is 1. The lowest BCUT2D eigenvalue weighted by molar-refractivity contribution is 0.0640. The summed E-state index contributed by atoms with van der Waals surface area (Å²) in [5, 5.41) is 18.0. The highest BCUT2D eigenvalue weighted by Crippen LogP contribution is 2.42. The van der Waals surface area contributed by atoms with Gasteiger partial charge in [-0.1, -0.05) is 62.0 Å². The van der Waals surface area contributed by atoms with Crippen LogP contribution in [0.5, 0.6) is 0 Å². The number of rotatable bonds is 9. The Morgan fingerprint density at radius 1 is 0.957 bits per heavy atom. The predicted molar refractivity (Wildman–Crippen MR) is 170 cm³/mol. The molecule has 1 saturated carbocycles. The first-order valence-electron chi connectivity index (χ1n) is 15.8. The summed E-state index contributed by atoms with van der Waals surface area (Å²) in [6.45, 7) is 2.20. The number of hydrogen-bond donors (Lipinski definition) is 2. The van der Waals surface area contributed by atoms with Gasteiger partial charge in [0.15, 0.2) is 0 Å². The van der Waals surface area contributed by atoms with Crippen LogP contribution in [0.15, 0.2) is 60.7 Å². The van der Waals surface area contributed by atoms with E-state index in [-0.39, 0.29) is 12.5 Å². The molecule has 0 saturated heterocycles. The highest BCUT2D eigenvalue weighted by molar-refractivity contribution is 6.28. The average molecular weight is 619 g/mol. The Morgan fingerprint density at radius 3 is 2.41 bits per heavy atom. The van der Waals surface area contributed by atoms with Gasteiger partial charge in [-0.15, -0.1) is 5.10 Å². The first kappa shape index (κ1) is 29.3. The maximum atomic E-state index is 14.7. The van der Waals surface area contributed by atoms with Gasteiger partial charge in [0.1, 0.15) is 0 Å². The smallest absolute Gasteiger partial charge is 0.288 e. The van der Waals surface area contributed by atoms with Crippen LogP contribution in [0.3, 0.4) is 0 Å². The summed E-state index contributed by atoms with van der Waals surface area (Å²) in [5.41, 5.74) is 5.06. The van der Waals surface area contributed by atoms with E-state index < -0.39 is 23.8 Å². The summed E-state index contributed by atoms with van der Waals surface area (Å²) in [6, 6.07) is 17.8. The van der Waals surface area contributed by atoms with Gasteiger partial charge in [0, 0.05) is 11.3 Å². The minimum atomic E-state index is -0.512. The number of nitrogens with one attached hydrogen (secondary N) is 2. The van der Waals surface area contributed by atoms with E-state index in [1.54, 1.807) is 41.3 Å². The van der Waals surface area contributed by atoms with E-state index >= 15 is 0 Å². The Morgan fingerprint density at radius 2 is 1.72 bits per heavy atom. The van der Waals surface area contributed by atoms with Crippen LogP contribution in [-0.4, -0.2) is 49.4 Å². The van der Waals surface area contributed by atoms with Crippen LogP contribution < -0.4 is 15.2 Å². The molecule has 2 aliphatic heterocycles. The van der Waals surface area contributed by atoms with E-state index in [9.17, 15) is 19.2 Å². The van der Waals surface area contributed by atoms with Gasteiger partial charge in [-0.25, -0.2) is 4.79 Å². The van der Waals surface area contributed by atoms with Crippen LogP contribution in [-0.2, 0) is 13.0 Å². The maximum Gasteiger partial charge on any atom is 0.348 e. The third-order valence-corrected chi connectivity index (χ3v) is 9.15. The number of fused-ring (bicyclic) bond motifs is 2. The molecule has 7 rings (SSSR count). The van der Waals surface area contributed by atoms with E-state index in [0.717, 1.165) is 41.8 Å². The van der Waals surface area contributed by atoms with E-state index in [1.165, 1.54) is 29.8 Å². The van der Waals surface area contributed by atoms with Gasteiger partial charge in [0.25, 0.3) is 23.7 Å². The summed E-state index contributed by atoms with van der Waals surface area (Å²) in [4.78, 5) is 55.9. The molecule has 0 radical (unpaired) electrons. The topological polar surface area (TPSA) is 144 Å². The van der Waals surface area contributed by atoms with E-state index in [0.29, 0.717) is 40.4 Å². The number of hydrogen-bond acceptors (Lipinski definition) is 7. The first-order valence-corrected chi connectivity index (χ1v) is 15.8. The highest BCUT2D eigenvalue weighted by Gasteiger charge is 2.50. The number of carbonyl (C=O) groups is 4. The predicted octanol–water partition coefficient (Wildman–Crippen LogP) is 6.00. The minimum Gasteiger partial charge on any atom is -0.288 e. The molecular formula is C34H34N8O4. The Bertz CT molecular complexity index is 1800. The standard InChI is InChI=1S/C34H34N8O4/c1-2-3-9-26-28-19-18-27-29(26)32(45)42(31(27)44)41(28)34(46)40(25-16-14-23(15-17-25)22-7-5-4-6-8-22)20-21-10-12-24(13-11-21)30(43)35-33-36-38-39-37-33/h10-19,22H,2-9,20H2,1H3,(H2,35,36,37,38,39,43). The average Bonchev–Trinajstić information content (AvgIpc) is 3.63. The zero-order valence-corrected chi connectivity index (χ0v) is 25.5. The van der Waals surface area contributed by atoms with Crippen molar-refractivity contribution in [2.75, 3.05) is 15.2 Å². The number of carbonyl (C=O) groups excluding carboxylic acids is 4. The molecule has 46 heavy (non-hydrogen) atoms. The van der Waals surface area contributed by atoms with Crippen molar-refractivity contribution in [1.82, 2.24) is 25.6 Å². The lowest BCUT2D eigenvalue weighted by Gasteiger charge is -2.37. The molecule has 1 fully saturated rings. The Balaban J connectivity index is 1.22. The molecule has 1 aliphatic carbocycles. The lowest BCUT2D eigenvalue weighted by atomic mass is 9.84. The number of H-pyrrole nitrogens is 1. The summed E-state index contributed by atoms with van der Waals surface area (Å²) in [6.07, 6.45) is 8.33. The third-order valence-electron chi connectivity index (χ3n) is 9.15. The fraction of sp³-hybridized carbons (Fsp3) is 0.324. The van der Waals surface area contributed by atoms with Crippen LogP contribution in [0, 0.1) is 0 Å². The molecule has 3 bridgehead atoms. The molecule has 2 N–H and O–H groups in total. The Labute approximate surface area is 265 Å². The van der Waals surface area contributed by atoms with Crippen LogP contribution in [0.4, 0.5) is 22.1 Å². The fourth-order valence-electron chi connectivity index (χ4n) is 6.73. The Kier molecular flexibility index (Phi) is 7.77. The molecule has 4 aromatic rings. The van der Waals surface area contributed by atoms with E-state index in [2.05, 4.69) is 45.0 Å². The molecular weight excluding hydrogens is 584 g/mol. The van der Waals surface area contributed by atoms with E-state index in [4.69, 9.17) is 0 Å². The number of benzene rings is 3. The minimum absolute atomic E-state index is 0.0597. The number of unbranched alkanes of at least 4 members (excludes halogenated alkanes) is 1. The van der Waals surface area contributed by atoms with Crippen molar-refractivity contribution in [1.29, 1.82) is 0 Å². The van der Waals surface area contributed by atoms with Crippen molar-refractivity contribution < 1.29 is 19.2 Å². The molecule has 0 unspecified atom stereocenters. The van der Waals surface area contributed by atoms with Crippen molar-refractivity contribution >= 4 is 41.1 Å². The van der Waals surface area contributed by atoms with Gasteiger partial charge in [-0.2, -0.15) is 15.2 Å². The molecule has 5 amide bonds. The molecule has 0 spiro atoms. The lowest BCUT2D eigenvalue weighted by Crippen LogP contribution is -2.56. The van der Waals surface area contributed by atoms with E-state index in [1.807, 2.05) is 12.1 Å². The second-order valence-corrected chi connectivity index (χ2v) is 12.0. The van der Waals surface area contributed by atoms with Gasteiger partial charge >= 0.3 is 6.03 Å². The second kappa shape index (κ2) is 12.2. The van der Waals surface area contributed by atoms with Crippen molar-refractivity contribution in [2.45, 2.75) is 70.8 Å². The number of nitrogens with zero attached hydrogens (tertiary/aromatic N) is 6. The molecule has 12 nitrogen and oxygen atoms in total. The van der Waals surface area contributed by atoms with Crippen LogP contribution in [0.1, 0.15) is 106 Å². The molecule has 12 heteroatoms. The molecule has 0 atom stereocenters. The first-order chi connectivity index (χ1) is 22.4. The largest absolute Gasteiger partial charge is 0.348 e. The summed E-state index contributed by atoms with van der Waals surface area (Å²) in [5.74, 6) is -0.799. The fourth-order valence-corrected chi connectivity index (χ4v) is 6.73. The van der Waals surface area contributed by atoms with Crippen molar-refractivity contribution in [3.63, 3.8) is 0 Å². The number of tetrazole rings is 1. The molecule has 3 aromatic carbocycles. The number of anilines is 3.